The van der Waals surface area contributed by atoms with E-state index in [1.807, 2.05) is 0 Å². The summed E-state index contributed by atoms with van der Waals surface area (Å²) in [6.45, 7) is 2.06. The lowest BCUT2D eigenvalue weighted by molar-refractivity contribution is 0.173. The summed E-state index contributed by atoms with van der Waals surface area (Å²) in [5, 5.41) is 3.71. The van der Waals surface area contributed by atoms with Gasteiger partial charge in [0.25, 0.3) is 0 Å². The predicted molar refractivity (Wildman–Crippen MR) is 63.5 cm³/mol. The van der Waals surface area contributed by atoms with Crippen molar-refractivity contribution in [2.45, 2.75) is 50.6 Å². The quantitative estimate of drug-likeness (QED) is 0.788. The number of nitrogens with one attached hydrogen (secondary N) is 1. The van der Waals surface area contributed by atoms with E-state index in [4.69, 9.17) is 4.74 Å². The zero-order chi connectivity index (χ0) is 9.38. The molecule has 2 bridgehead atoms. The van der Waals surface area contributed by atoms with Crippen LogP contribution in [0.4, 0.5) is 0 Å². The van der Waals surface area contributed by atoms with E-state index in [9.17, 15) is 0 Å². The molecule has 1 N–H and O–H groups in total. The van der Waals surface area contributed by atoms with Crippen molar-refractivity contribution in [2.75, 3.05) is 13.2 Å². The van der Waals surface area contributed by atoms with Crippen LogP contribution in [0.2, 0.25) is 0 Å². The molecule has 3 aliphatic heterocycles. The van der Waals surface area contributed by atoms with Gasteiger partial charge in [-0.2, -0.15) is 0 Å². The van der Waals surface area contributed by atoms with E-state index in [1.165, 1.54) is 38.5 Å². The van der Waals surface area contributed by atoms with E-state index < -0.39 is 0 Å². The maximum Gasteiger partial charge on any atom is 0.0495 e. The van der Waals surface area contributed by atoms with E-state index in [-0.39, 0.29) is 12.4 Å². The summed E-state index contributed by atoms with van der Waals surface area (Å²) < 4.78 is 5.45. The molecule has 2 nitrogen and oxygen atoms in total. The highest BCUT2D eigenvalue weighted by Gasteiger charge is 2.34. The van der Waals surface area contributed by atoms with E-state index >= 15 is 0 Å². The SMILES string of the molecule is C1CC(CC2CC3CCC(C2)N3)CO1.Cl. The molecule has 0 aromatic heterocycles. The third kappa shape index (κ3) is 2.66. The van der Waals surface area contributed by atoms with Crippen LogP contribution in [0.15, 0.2) is 0 Å². The van der Waals surface area contributed by atoms with Crippen molar-refractivity contribution in [1.82, 2.24) is 5.32 Å². The second-order valence-corrected chi connectivity index (χ2v) is 5.44. The summed E-state index contributed by atoms with van der Waals surface area (Å²) in [7, 11) is 0. The van der Waals surface area contributed by atoms with Gasteiger partial charge in [-0.05, 0) is 50.4 Å². The topological polar surface area (TPSA) is 21.3 Å². The van der Waals surface area contributed by atoms with E-state index in [2.05, 4.69) is 5.32 Å². The maximum absolute atomic E-state index is 5.45. The molecule has 3 rings (SSSR count). The van der Waals surface area contributed by atoms with Gasteiger partial charge in [0.2, 0.25) is 0 Å². The molecule has 88 valence electrons. The Morgan fingerprint density at radius 1 is 1.00 bits per heavy atom. The van der Waals surface area contributed by atoms with Crippen molar-refractivity contribution in [3.05, 3.63) is 0 Å². The summed E-state index contributed by atoms with van der Waals surface area (Å²) in [5.74, 6) is 1.89. The molecule has 3 atom stereocenters. The standard InChI is InChI=1S/C12H21NO.ClH/c1-2-12-7-10(6-11(1)13-12)5-9-3-4-14-8-9;/h9-13H,1-8H2;1H. The molecular weight excluding hydrogens is 210 g/mol. The minimum Gasteiger partial charge on any atom is -0.381 e. The molecule has 3 saturated heterocycles. The Morgan fingerprint density at radius 3 is 2.33 bits per heavy atom. The highest BCUT2D eigenvalue weighted by atomic mass is 35.5. The Morgan fingerprint density at radius 2 is 1.73 bits per heavy atom. The lowest BCUT2D eigenvalue weighted by Crippen LogP contribution is -2.38. The van der Waals surface area contributed by atoms with Crippen molar-refractivity contribution in [1.29, 1.82) is 0 Å². The summed E-state index contributed by atoms with van der Waals surface area (Å²) in [4.78, 5) is 0. The van der Waals surface area contributed by atoms with Crippen LogP contribution >= 0.6 is 12.4 Å². The maximum atomic E-state index is 5.45. The van der Waals surface area contributed by atoms with Crippen LogP contribution in [0.3, 0.4) is 0 Å². The first-order chi connectivity index (χ1) is 6.90. The molecule has 0 radical (unpaired) electrons. The third-order valence-electron chi connectivity index (χ3n) is 4.26. The first-order valence-electron chi connectivity index (χ1n) is 6.24. The van der Waals surface area contributed by atoms with Crippen LogP contribution in [-0.2, 0) is 4.74 Å². The van der Waals surface area contributed by atoms with Gasteiger partial charge in [0.1, 0.15) is 0 Å². The van der Waals surface area contributed by atoms with Gasteiger partial charge in [0.05, 0.1) is 0 Å². The Hall–Kier alpha value is 0.210. The lowest BCUT2D eigenvalue weighted by atomic mass is 9.84. The van der Waals surface area contributed by atoms with Crippen LogP contribution in [-0.4, -0.2) is 25.3 Å². The van der Waals surface area contributed by atoms with Crippen LogP contribution < -0.4 is 5.32 Å². The monoisotopic (exact) mass is 231 g/mol. The zero-order valence-corrected chi connectivity index (χ0v) is 10.1. The molecule has 0 saturated carbocycles. The van der Waals surface area contributed by atoms with Gasteiger partial charge in [0.15, 0.2) is 0 Å². The van der Waals surface area contributed by atoms with Crippen LogP contribution in [0.25, 0.3) is 0 Å². The fraction of sp³-hybridized carbons (Fsp3) is 1.00. The fourth-order valence-corrected chi connectivity index (χ4v) is 3.61. The number of ether oxygens (including phenoxy) is 1. The molecule has 3 heterocycles. The molecule has 3 heteroatoms. The van der Waals surface area contributed by atoms with Crippen LogP contribution in [0.5, 0.6) is 0 Å². The lowest BCUT2D eigenvalue weighted by Gasteiger charge is -2.30. The van der Waals surface area contributed by atoms with Crippen molar-refractivity contribution in [3.8, 4) is 0 Å². The Kier molecular flexibility index (Phi) is 3.92. The first-order valence-corrected chi connectivity index (χ1v) is 6.24. The molecule has 3 unspecified atom stereocenters. The van der Waals surface area contributed by atoms with Crippen LogP contribution in [0, 0.1) is 11.8 Å². The summed E-state index contributed by atoms with van der Waals surface area (Å²) in [6.07, 6.45) is 8.50. The highest BCUT2D eigenvalue weighted by Crippen LogP contribution is 2.35. The Labute approximate surface area is 98.6 Å². The van der Waals surface area contributed by atoms with Gasteiger partial charge < -0.3 is 10.1 Å². The number of hydrogen-bond acceptors (Lipinski definition) is 2. The Bertz CT molecular complexity index is 194. The normalized spacial score (nSPS) is 44.0. The largest absolute Gasteiger partial charge is 0.381 e. The van der Waals surface area contributed by atoms with Gasteiger partial charge in [-0.25, -0.2) is 0 Å². The van der Waals surface area contributed by atoms with Crippen molar-refractivity contribution >= 4 is 12.4 Å². The third-order valence-corrected chi connectivity index (χ3v) is 4.26. The first kappa shape index (κ1) is 11.7. The average molecular weight is 232 g/mol. The average Bonchev–Trinajstić information content (AvgIpc) is 2.77. The fourth-order valence-electron chi connectivity index (χ4n) is 3.61. The summed E-state index contributed by atoms with van der Waals surface area (Å²) in [5.41, 5.74) is 0. The smallest absolute Gasteiger partial charge is 0.0495 e. The zero-order valence-electron chi connectivity index (χ0n) is 9.28. The Balaban J connectivity index is 0.000000853. The second-order valence-electron chi connectivity index (χ2n) is 5.44. The summed E-state index contributed by atoms with van der Waals surface area (Å²) >= 11 is 0. The number of halogens is 1. The molecule has 0 spiro atoms. The highest BCUT2D eigenvalue weighted by molar-refractivity contribution is 5.85. The van der Waals surface area contributed by atoms with Gasteiger partial charge in [-0.15, -0.1) is 12.4 Å². The molecule has 3 aliphatic rings. The van der Waals surface area contributed by atoms with Crippen LogP contribution in [0.1, 0.15) is 38.5 Å². The number of fused-ring (bicyclic) bond motifs is 2. The molecule has 0 amide bonds. The van der Waals surface area contributed by atoms with Gasteiger partial charge in [-0.1, -0.05) is 0 Å². The van der Waals surface area contributed by atoms with Crippen molar-refractivity contribution in [3.63, 3.8) is 0 Å². The molecule has 15 heavy (non-hydrogen) atoms. The van der Waals surface area contributed by atoms with E-state index in [1.54, 1.807) is 0 Å². The number of rotatable bonds is 2. The van der Waals surface area contributed by atoms with Gasteiger partial charge in [0, 0.05) is 25.3 Å². The predicted octanol–water partition coefficient (Wildman–Crippen LogP) is 2.37. The molecule has 0 aliphatic carbocycles. The minimum atomic E-state index is 0. The molecular formula is C12H22ClNO. The minimum absolute atomic E-state index is 0. The number of piperidine rings is 1. The summed E-state index contributed by atoms with van der Waals surface area (Å²) in [6, 6.07) is 1.72. The second kappa shape index (κ2) is 5.03. The van der Waals surface area contributed by atoms with E-state index in [0.717, 1.165) is 37.1 Å². The number of hydrogen-bond donors (Lipinski definition) is 1. The molecule has 3 fully saturated rings. The van der Waals surface area contributed by atoms with E-state index in [0.29, 0.717) is 0 Å². The van der Waals surface area contributed by atoms with Gasteiger partial charge in [-0.3, -0.25) is 0 Å². The molecule has 0 aromatic rings. The van der Waals surface area contributed by atoms with Crippen molar-refractivity contribution in [2.24, 2.45) is 11.8 Å². The van der Waals surface area contributed by atoms with Crippen molar-refractivity contribution < 1.29 is 4.74 Å². The van der Waals surface area contributed by atoms with Gasteiger partial charge >= 0.3 is 0 Å². The molecule has 0 aromatic carbocycles.